The number of esters is 2. The third-order valence-electron chi connectivity index (χ3n) is 8.17. The van der Waals surface area contributed by atoms with Crippen LogP contribution in [0.4, 0.5) is 11.4 Å². The highest BCUT2D eigenvalue weighted by atomic mass is 16.6. The first-order valence-electron chi connectivity index (χ1n) is 18.1. The lowest BCUT2D eigenvalue weighted by Crippen LogP contribution is -2.03. The molecule has 2 aromatic heterocycles. The number of nitro benzene ring substituents is 1. The average molecular weight is 685 g/mol. The van der Waals surface area contributed by atoms with Gasteiger partial charge in [0, 0.05) is 87.0 Å². The van der Waals surface area contributed by atoms with Gasteiger partial charge in [0.15, 0.2) is 0 Å². The molecule has 0 aliphatic rings. The van der Waals surface area contributed by atoms with Crippen LogP contribution in [0.15, 0.2) is 85.2 Å². The molecule has 0 bridgehead atoms. The van der Waals surface area contributed by atoms with E-state index in [4.69, 9.17) is 32.9 Å². The number of nitrogens with two attached hydrogens (primary N) is 1. The first kappa shape index (κ1) is 27.6. The molecular weight excluding hydrogens is 640 g/mol. The molecule has 0 radical (unpaired) electrons. The minimum absolute atomic E-state index is 0.130. The van der Waals surface area contributed by atoms with Crippen LogP contribution in [-0.4, -0.2) is 54.4 Å². The highest BCUT2D eigenvalue weighted by Gasteiger charge is 2.17. The molecule has 0 saturated carbocycles. The van der Waals surface area contributed by atoms with E-state index in [-0.39, 0.29) is 12.1 Å². The summed E-state index contributed by atoms with van der Waals surface area (Å²) in [4.78, 5) is 34.1. The Balaban J connectivity index is 0.000000215. The molecule has 6 rings (SSSR count). The van der Waals surface area contributed by atoms with Crippen LogP contribution in [0.1, 0.15) is 51.2 Å². The van der Waals surface area contributed by atoms with Crippen molar-refractivity contribution in [3.63, 3.8) is 0 Å². The number of hydrogen-bond donors (Lipinski definition) is 1. The number of benzene rings is 4. The molecule has 0 unspecified atom stereocenters. The lowest BCUT2D eigenvalue weighted by atomic mass is 10.0. The zero-order valence-corrected chi connectivity index (χ0v) is 27.7. The normalized spacial score (nSPS) is 13.0. The summed E-state index contributed by atoms with van der Waals surface area (Å²) in [5.74, 6) is -0.0131. The molecule has 0 spiro atoms. The van der Waals surface area contributed by atoms with E-state index in [1.54, 1.807) is 54.7 Å². The molecule has 0 aliphatic heterocycles. The van der Waals surface area contributed by atoms with Crippen molar-refractivity contribution in [3.05, 3.63) is 129 Å². The van der Waals surface area contributed by atoms with Crippen LogP contribution in [-0.2, 0) is 36.3 Å². The molecule has 50 heavy (non-hydrogen) atoms. The van der Waals surface area contributed by atoms with Gasteiger partial charge in [0.05, 0.1) is 44.5 Å². The predicted molar refractivity (Wildman–Crippen MR) is 191 cm³/mol. The van der Waals surface area contributed by atoms with Crippen LogP contribution in [0.2, 0.25) is 0 Å². The molecule has 0 aliphatic carbocycles. The van der Waals surface area contributed by atoms with Crippen molar-refractivity contribution >= 4 is 45.1 Å². The molecule has 0 atom stereocenters. The zero-order valence-electron chi connectivity index (χ0n) is 33.7. The number of non-ortho nitro benzene ring substituents is 1. The van der Waals surface area contributed by atoms with E-state index in [2.05, 4.69) is 0 Å². The second-order valence-corrected chi connectivity index (χ2v) is 11.2. The summed E-state index contributed by atoms with van der Waals surface area (Å²) in [5, 5.41) is 12.4. The van der Waals surface area contributed by atoms with Crippen molar-refractivity contribution in [1.29, 1.82) is 0 Å². The molecule has 0 fully saturated rings. The Bertz CT molecular complexity index is 2450. The molecular formula is C38H38N4O8. The molecule has 2 heterocycles. The fourth-order valence-corrected chi connectivity index (χ4v) is 5.68. The van der Waals surface area contributed by atoms with Crippen LogP contribution < -0.4 is 15.2 Å². The van der Waals surface area contributed by atoms with Crippen LogP contribution >= 0.6 is 0 Å². The van der Waals surface area contributed by atoms with Gasteiger partial charge in [-0.15, -0.1) is 0 Å². The molecule has 0 amide bonds. The van der Waals surface area contributed by atoms with Gasteiger partial charge in [0.25, 0.3) is 5.69 Å². The summed E-state index contributed by atoms with van der Waals surface area (Å²) in [6, 6.07) is 19.1. The Labute approximate surface area is 297 Å². The van der Waals surface area contributed by atoms with Crippen molar-refractivity contribution in [2.24, 2.45) is 14.0 Å². The zero-order chi connectivity index (χ0) is 41.1. The molecule has 4 aromatic carbocycles. The van der Waals surface area contributed by atoms with Gasteiger partial charge >= 0.3 is 11.9 Å². The number of nitrogen functional groups attached to an aromatic ring is 1. The van der Waals surface area contributed by atoms with E-state index >= 15 is 0 Å². The maximum absolute atomic E-state index is 11.7. The number of rotatable bonds is 9. The average Bonchev–Trinajstić information content (AvgIpc) is 3.72. The second kappa shape index (κ2) is 14.9. The molecule has 12 heteroatoms. The molecule has 258 valence electrons. The Morgan fingerprint density at radius 1 is 0.700 bits per heavy atom. The number of carbonyl (C=O) groups excluding carboxylic acids is 2. The van der Waals surface area contributed by atoms with Gasteiger partial charge in [-0.2, -0.15) is 0 Å². The van der Waals surface area contributed by atoms with Crippen LogP contribution in [0.25, 0.3) is 21.8 Å². The van der Waals surface area contributed by atoms with Gasteiger partial charge in [-0.3, -0.25) is 10.1 Å². The number of ether oxygens (including phenoxy) is 4. The van der Waals surface area contributed by atoms with Crippen LogP contribution in [0.3, 0.4) is 0 Å². The topological polar surface area (TPSA) is 150 Å². The fraction of sp³-hybridized carbons (Fsp3) is 0.211. The number of carbonyl (C=O) groups is 2. The predicted octanol–water partition coefficient (Wildman–Crippen LogP) is 6.62. The number of aryl methyl sites for hydroxylation is 2. The number of hydrogen-bond acceptors (Lipinski definition) is 9. The smallest absolute Gasteiger partial charge is 0.337 e. The summed E-state index contributed by atoms with van der Waals surface area (Å²) in [5.41, 5.74) is 10.9. The SMILES string of the molecule is [2H]C([2H])([2H])n1cc(Cc2ccc(C(=O)OC)cc2OC)c2cc(N)ccc21.[2H]C([2H])([2H])n1cc(Cc2ccc(C(=O)OC)cc2OC)c2cc([N+](=O)[O-])ccc21. The summed E-state index contributed by atoms with van der Waals surface area (Å²) in [6.45, 7) is -4.74. The molecule has 2 N–H and O–H groups in total. The lowest BCUT2D eigenvalue weighted by molar-refractivity contribution is -0.384. The summed E-state index contributed by atoms with van der Waals surface area (Å²) >= 11 is 0. The van der Waals surface area contributed by atoms with Gasteiger partial charge in [-0.25, -0.2) is 9.59 Å². The fourth-order valence-electron chi connectivity index (χ4n) is 5.68. The van der Waals surface area contributed by atoms with E-state index in [9.17, 15) is 19.7 Å². The second-order valence-electron chi connectivity index (χ2n) is 11.2. The van der Waals surface area contributed by atoms with Crippen molar-refractivity contribution in [2.45, 2.75) is 12.8 Å². The molecule has 0 saturated heterocycles. The first-order chi connectivity index (χ1) is 26.4. The van der Waals surface area contributed by atoms with Crippen molar-refractivity contribution < 1.29 is 41.7 Å². The number of anilines is 1. The van der Waals surface area contributed by atoms with E-state index in [1.165, 1.54) is 63.5 Å². The van der Waals surface area contributed by atoms with Crippen LogP contribution in [0.5, 0.6) is 11.5 Å². The maximum Gasteiger partial charge on any atom is 0.337 e. The number of fused-ring (bicyclic) bond motifs is 2. The van der Waals surface area contributed by atoms with Crippen molar-refractivity contribution in [2.75, 3.05) is 34.2 Å². The summed E-state index contributed by atoms with van der Waals surface area (Å²) in [6.07, 6.45) is 3.76. The summed E-state index contributed by atoms with van der Waals surface area (Å²) in [7, 11) is 5.57. The van der Waals surface area contributed by atoms with E-state index in [1.807, 2.05) is 0 Å². The van der Waals surface area contributed by atoms with Gasteiger partial charge < -0.3 is 33.8 Å². The number of methoxy groups -OCH3 is 4. The highest BCUT2D eigenvalue weighted by Crippen LogP contribution is 2.31. The van der Waals surface area contributed by atoms with Crippen molar-refractivity contribution in [3.8, 4) is 11.5 Å². The Kier molecular flexibility index (Phi) is 8.21. The monoisotopic (exact) mass is 684 g/mol. The highest BCUT2D eigenvalue weighted by molar-refractivity contribution is 5.91. The minimum Gasteiger partial charge on any atom is -0.496 e. The lowest BCUT2D eigenvalue weighted by Gasteiger charge is -2.10. The van der Waals surface area contributed by atoms with E-state index in [0.29, 0.717) is 62.3 Å². The number of nitro groups is 1. The Morgan fingerprint density at radius 2 is 1.18 bits per heavy atom. The third kappa shape index (κ3) is 7.24. The van der Waals surface area contributed by atoms with Gasteiger partial charge in [-0.05, 0) is 70.8 Å². The van der Waals surface area contributed by atoms with Gasteiger partial charge in [-0.1, -0.05) is 12.1 Å². The van der Waals surface area contributed by atoms with Crippen molar-refractivity contribution in [1.82, 2.24) is 9.13 Å². The van der Waals surface area contributed by atoms with Gasteiger partial charge in [0.1, 0.15) is 11.5 Å². The molecule has 6 aromatic rings. The quantitative estimate of drug-likeness (QED) is 0.0767. The van der Waals surface area contributed by atoms with E-state index < -0.39 is 30.8 Å². The Hall–Kier alpha value is -6.30. The van der Waals surface area contributed by atoms with Crippen LogP contribution in [0, 0.1) is 10.1 Å². The van der Waals surface area contributed by atoms with Gasteiger partial charge in [0.2, 0.25) is 0 Å². The first-order valence-corrected chi connectivity index (χ1v) is 15.1. The Morgan fingerprint density at radius 3 is 1.62 bits per heavy atom. The standard InChI is InChI=1S/C19H18N2O5.C19H20N2O3/c1-20-11-14(16-10-15(21(23)24)6-7-17(16)20)8-12-4-5-13(19(22)26-3)9-18(12)25-2;1-21-11-14(16-10-15(20)6-7-17(16)21)8-12-4-5-13(19(22)24-3)9-18(12)23-2/h4-7,9-11H,8H2,1-3H3;4-7,9-11H,8,20H2,1-3H3/i2*1D3. The molecule has 12 nitrogen and oxygen atoms in total. The number of aromatic nitrogens is 2. The minimum atomic E-state index is -2.44. The van der Waals surface area contributed by atoms with E-state index in [0.717, 1.165) is 21.1 Å². The largest absolute Gasteiger partial charge is 0.496 e. The number of nitrogens with zero attached hydrogens (tertiary/aromatic N) is 3. The maximum atomic E-state index is 11.7. The summed E-state index contributed by atoms with van der Waals surface area (Å²) < 4.78 is 69.1. The third-order valence-corrected chi connectivity index (χ3v) is 8.17.